The van der Waals surface area contributed by atoms with Gasteiger partial charge in [0.15, 0.2) is 12.6 Å². The van der Waals surface area contributed by atoms with Crippen LogP contribution in [-0.4, -0.2) is 46.9 Å². The Morgan fingerprint density at radius 1 is 1.16 bits per heavy atom. The smallest absolute Gasteiger partial charge is 0.422 e. The highest BCUT2D eigenvalue weighted by Gasteiger charge is 2.29. The molecule has 11 heteroatoms. The van der Waals surface area contributed by atoms with E-state index in [1.54, 1.807) is 19.2 Å². The fourth-order valence-corrected chi connectivity index (χ4v) is 3.16. The van der Waals surface area contributed by atoms with Crippen molar-refractivity contribution < 1.29 is 17.9 Å². The quantitative estimate of drug-likeness (QED) is 0.188. The predicted octanol–water partition coefficient (Wildman–Crippen LogP) is 4.05. The summed E-state index contributed by atoms with van der Waals surface area (Å²) in [5.74, 6) is 1.45. The van der Waals surface area contributed by atoms with Crippen LogP contribution >= 0.6 is 24.0 Å². The third-order valence-corrected chi connectivity index (χ3v) is 4.59. The number of aliphatic imine (C=N–C) groups is 1. The second-order valence-electron chi connectivity index (χ2n) is 6.88. The molecule has 32 heavy (non-hydrogen) atoms. The zero-order valence-corrected chi connectivity index (χ0v) is 20.1. The highest BCUT2D eigenvalue weighted by Crippen LogP contribution is 2.20. The summed E-state index contributed by atoms with van der Waals surface area (Å²) in [5.41, 5.74) is 2.59. The largest absolute Gasteiger partial charge is 0.468 e. The van der Waals surface area contributed by atoms with Crippen LogP contribution in [0.25, 0.3) is 11.0 Å². The molecule has 2 aromatic heterocycles. The van der Waals surface area contributed by atoms with Gasteiger partial charge in [0, 0.05) is 38.4 Å². The Labute approximate surface area is 201 Å². The van der Waals surface area contributed by atoms with Crippen molar-refractivity contribution in [1.82, 2.24) is 25.2 Å². The zero-order chi connectivity index (χ0) is 22.3. The average molecular weight is 562 g/mol. The Hall–Kier alpha value is -2.57. The molecule has 0 saturated heterocycles. The van der Waals surface area contributed by atoms with E-state index in [1.165, 1.54) is 6.20 Å². The van der Waals surface area contributed by atoms with Gasteiger partial charge in [-0.1, -0.05) is 18.2 Å². The Balaban J connectivity index is 0.00000363. The molecule has 0 atom stereocenters. The van der Waals surface area contributed by atoms with E-state index in [2.05, 4.69) is 36.2 Å². The minimum absolute atomic E-state index is 0. The standard InChI is InChI=1S/C21H25F3N6O.HI/c1-15-29-17-8-3-4-9-18(17)30(15)12-6-11-27-20(25-2)28-13-16-7-5-10-26-19(16)31-14-21(22,23)24;/h3-5,7-10H,6,11-14H2,1-2H3,(H2,25,27,28);1H. The number of nitrogens with zero attached hydrogens (tertiary/aromatic N) is 4. The van der Waals surface area contributed by atoms with Crippen LogP contribution in [0.15, 0.2) is 47.6 Å². The highest BCUT2D eigenvalue weighted by molar-refractivity contribution is 14.0. The van der Waals surface area contributed by atoms with Gasteiger partial charge in [0.05, 0.1) is 11.0 Å². The third-order valence-electron chi connectivity index (χ3n) is 4.59. The first-order chi connectivity index (χ1) is 14.9. The van der Waals surface area contributed by atoms with Crippen molar-refractivity contribution in [3.8, 4) is 5.88 Å². The molecule has 0 radical (unpaired) electrons. The van der Waals surface area contributed by atoms with Gasteiger partial charge in [-0.25, -0.2) is 9.97 Å². The van der Waals surface area contributed by atoms with Crippen molar-refractivity contribution >= 4 is 41.0 Å². The van der Waals surface area contributed by atoms with E-state index in [9.17, 15) is 13.2 Å². The Morgan fingerprint density at radius 2 is 1.94 bits per heavy atom. The maximum Gasteiger partial charge on any atom is 0.422 e. The van der Waals surface area contributed by atoms with E-state index < -0.39 is 12.8 Å². The molecule has 174 valence electrons. The first-order valence-corrected chi connectivity index (χ1v) is 9.87. The van der Waals surface area contributed by atoms with Gasteiger partial charge >= 0.3 is 6.18 Å². The zero-order valence-electron chi connectivity index (χ0n) is 17.8. The lowest BCUT2D eigenvalue weighted by atomic mass is 10.2. The number of guanidine groups is 1. The summed E-state index contributed by atoms with van der Waals surface area (Å²) in [7, 11) is 1.63. The van der Waals surface area contributed by atoms with E-state index in [1.807, 2.05) is 25.1 Å². The van der Waals surface area contributed by atoms with Crippen LogP contribution in [0, 0.1) is 6.92 Å². The van der Waals surface area contributed by atoms with Crippen LogP contribution in [0.2, 0.25) is 0 Å². The van der Waals surface area contributed by atoms with Gasteiger partial charge in [-0.2, -0.15) is 13.2 Å². The second-order valence-corrected chi connectivity index (χ2v) is 6.88. The summed E-state index contributed by atoms with van der Waals surface area (Å²) in [6.45, 7) is 2.29. The molecule has 0 spiro atoms. The summed E-state index contributed by atoms with van der Waals surface area (Å²) in [6, 6.07) is 11.3. The lowest BCUT2D eigenvalue weighted by molar-refractivity contribution is -0.154. The van der Waals surface area contributed by atoms with Gasteiger partial charge in [0.1, 0.15) is 5.82 Å². The molecule has 0 saturated carbocycles. The molecule has 3 aromatic rings. The molecule has 0 unspecified atom stereocenters. The van der Waals surface area contributed by atoms with Crippen molar-refractivity contribution in [2.75, 3.05) is 20.2 Å². The first-order valence-electron chi connectivity index (χ1n) is 9.87. The molecule has 0 aliphatic rings. The maximum atomic E-state index is 12.4. The number of aryl methyl sites for hydroxylation is 2. The van der Waals surface area contributed by atoms with Crippen LogP contribution < -0.4 is 15.4 Å². The number of halogens is 4. The third kappa shape index (κ3) is 7.24. The van der Waals surface area contributed by atoms with Crippen LogP contribution in [-0.2, 0) is 13.1 Å². The molecule has 1 aromatic carbocycles. The van der Waals surface area contributed by atoms with E-state index >= 15 is 0 Å². The summed E-state index contributed by atoms with van der Waals surface area (Å²) < 4.78 is 44.3. The number of aromatic nitrogens is 3. The van der Waals surface area contributed by atoms with Crippen LogP contribution in [0.4, 0.5) is 13.2 Å². The Morgan fingerprint density at radius 3 is 2.69 bits per heavy atom. The predicted molar refractivity (Wildman–Crippen MR) is 128 cm³/mol. The van der Waals surface area contributed by atoms with Gasteiger partial charge in [0.25, 0.3) is 0 Å². The molecule has 7 nitrogen and oxygen atoms in total. The minimum atomic E-state index is -4.42. The van der Waals surface area contributed by atoms with Crippen LogP contribution in [0.5, 0.6) is 5.88 Å². The number of rotatable bonds is 8. The topological polar surface area (TPSA) is 76.4 Å². The lowest BCUT2D eigenvalue weighted by Gasteiger charge is -2.15. The van der Waals surface area contributed by atoms with Gasteiger partial charge < -0.3 is 19.9 Å². The number of nitrogens with one attached hydrogen (secondary N) is 2. The van der Waals surface area contributed by atoms with Crippen molar-refractivity contribution in [2.24, 2.45) is 4.99 Å². The number of para-hydroxylation sites is 2. The van der Waals surface area contributed by atoms with Gasteiger partial charge in [-0.05, 0) is 31.5 Å². The SMILES string of the molecule is CN=C(NCCCn1c(C)nc2ccccc21)NCc1cccnc1OCC(F)(F)F.I. The number of fused-ring (bicyclic) bond motifs is 1. The fraction of sp³-hybridized carbons (Fsp3) is 0.381. The molecular formula is C21H26F3IN6O. The summed E-state index contributed by atoms with van der Waals surface area (Å²) in [4.78, 5) is 12.6. The maximum absolute atomic E-state index is 12.4. The fourth-order valence-electron chi connectivity index (χ4n) is 3.16. The Kier molecular flexibility index (Phi) is 9.54. The van der Waals surface area contributed by atoms with Crippen molar-refractivity contribution in [3.63, 3.8) is 0 Å². The number of pyridine rings is 1. The van der Waals surface area contributed by atoms with Crippen LogP contribution in [0.1, 0.15) is 17.8 Å². The van der Waals surface area contributed by atoms with E-state index in [4.69, 9.17) is 4.74 Å². The van der Waals surface area contributed by atoms with E-state index in [-0.39, 0.29) is 36.4 Å². The molecule has 2 heterocycles. The average Bonchev–Trinajstić information content (AvgIpc) is 3.07. The number of alkyl halides is 3. The number of ether oxygens (including phenoxy) is 1. The molecule has 0 bridgehead atoms. The number of benzene rings is 1. The Bertz CT molecular complexity index is 1040. The second kappa shape index (κ2) is 11.9. The first kappa shape index (κ1) is 25.7. The normalized spacial score (nSPS) is 11.8. The van der Waals surface area contributed by atoms with E-state index in [0.29, 0.717) is 18.1 Å². The van der Waals surface area contributed by atoms with Gasteiger partial charge in [0.2, 0.25) is 5.88 Å². The monoisotopic (exact) mass is 562 g/mol. The lowest BCUT2D eigenvalue weighted by Crippen LogP contribution is -2.37. The van der Waals surface area contributed by atoms with Crippen molar-refractivity contribution in [3.05, 3.63) is 54.0 Å². The van der Waals surface area contributed by atoms with Crippen molar-refractivity contribution in [1.29, 1.82) is 0 Å². The van der Waals surface area contributed by atoms with Crippen LogP contribution in [0.3, 0.4) is 0 Å². The molecule has 0 aliphatic heterocycles. The van der Waals surface area contributed by atoms with E-state index in [0.717, 1.165) is 29.8 Å². The molecule has 0 fully saturated rings. The molecule has 0 aliphatic carbocycles. The minimum Gasteiger partial charge on any atom is -0.468 e. The molecule has 3 rings (SSSR count). The number of hydrogen-bond donors (Lipinski definition) is 2. The molecular weight excluding hydrogens is 536 g/mol. The number of imidazole rings is 1. The number of hydrogen-bond acceptors (Lipinski definition) is 4. The highest BCUT2D eigenvalue weighted by atomic mass is 127. The summed E-state index contributed by atoms with van der Waals surface area (Å²) >= 11 is 0. The summed E-state index contributed by atoms with van der Waals surface area (Å²) in [6.07, 6.45) is -2.18. The molecule has 0 amide bonds. The van der Waals surface area contributed by atoms with Crippen molar-refractivity contribution in [2.45, 2.75) is 32.6 Å². The van der Waals surface area contributed by atoms with Gasteiger partial charge in [-0.3, -0.25) is 4.99 Å². The van der Waals surface area contributed by atoms with Gasteiger partial charge in [-0.15, -0.1) is 24.0 Å². The molecule has 2 N–H and O–H groups in total. The summed E-state index contributed by atoms with van der Waals surface area (Å²) in [5, 5.41) is 6.29.